The molecule has 1 heterocycles. The summed E-state index contributed by atoms with van der Waals surface area (Å²) >= 11 is 0. The summed E-state index contributed by atoms with van der Waals surface area (Å²) in [5.41, 5.74) is 2.03. The van der Waals surface area contributed by atoms with Gasteiger partial charge in [0, 0.05) is 19.6 Å². The van der Waals surface area contributed by atoms with Crippen LogP contribution in [0.5, 0.6) is 5.75 Å². The fourth-order valence-corrected chi connectivity index (χ4v) is 3.16. The van der Waals surface area contributed by atoms with E-state index < -0.39 is 0 Å². The topological polar surface area (TPSA) is 76.7 Å². The molecule has 28 heavy (non-hydrogen) atoms. The van der Waals surface area contributed by atoms with Gasteiger partial charge < -0.3 is 20.1 Å². The molecule has 0 saturated carbocycles. The van der Waals surface area contributed by atoms with Crippen molar-refractivity contribution < 1.29 is 19.1 Å². The number of rotatable bonds is 8. The Kier molecular flexibility index (Phi) is 7.03. The summed E-state index contributed by atoms with van der Waals surface area (Å²) < 4.78 is 10.7. The van der Waals surface area contributed by atoms with Crippen molar-refractivity contribution in [2.45, 2.75) is 31.8 Å². The molecule has 0 aliphatic carbocycles. The molecule has 1 atom stereocenters. The minimum atomic E-state index is -0.207. The Balaban J connectivity index is 1.54. The van der Waals surface area contributed by atoms with Crippen molar-refractivity contribution in [3.63, 3.8) is 0 Å². The monoisotopic (exact) mass is 382 g/mol. The van der Waals surface area contributed by atoms with E-state index in [1.807, 2.05) is 24.3 Å². The van der Waals surface area contributed by atoms with E-state index in [2.05, 4.69) is 10.6 Å². The Bertz CT molecular complexity index is 798. The second-order valence-electron chi connectivity index (χ2n) is 6.79. The van der Waals surface area contributed by atoms with Gasteiger partial charge in [-0.2, -0.15) is 0 Å². The minimum absolute atomic E-state index is 0.0789. The highest BCUT2D eigenvalue weighted by atomic mass is 16.5. The molecule has 0 radical (unpaired) electrons. The number of nitrogens with one attached hydrogen (secondary N) is 2. The van der Waals surface area contributed by atoms with Crippen LogP contribution in [0, 0.1) is 0 Å². The molecular formula is C22H26N2O4. The molecule has 1 fully saturated rings. The molecule has 2 aromatic rings. The van der Waals surface area contributed by atoms with Gasteiger partial charge in [-0.05, 0) is 49.1 Å². The van der Waals surface area contributed by atoms with E-state index in [0.29, 0.717) is 30.6 Å². The number of amides is 2. The molecule has 6 nitrogen and oxygen atoms in total. The van der Waals surface area contributed by atoms with Crippen molar-refractivity contribution >= 4 is 17.5 Å². The lowest BCUT2D eigenvalue weighted by molar-refractivity contribution is -0.116. The summed E-state index contributed by atoms with van der Waals surface area (Å²) in [7, 11) is 1.62. The van der Waals surface area contributed by atoms with Gasteiger partial charge in [0.2, 0.25) is 5.91 Å². The average molecular weight is 382 g/mol. The average Bonchev–Trinajstić information content (AvgIpc) is 3.25. The number of anilines is 1. The molecule has 2 N–H and O–H groups in total. The lowest BCUT2D eigenvalue weighted by Gasteiger charge is -2.14. The summed E-state index contributed by atoms with van der Waals surface area (Å²) in [6.07, 6.45) is 3.02. The molecule has 148 valence electrons. The van der Waals surface area contributed by atoms with Crippen LogP contribution in [0.2, 0.25) is 0 Å². The number of carbonyl (C=O) groups excluding carboxylic acids is 2. The molecule has 2 aromatic carbocycles. The predicted molar refractivity (Wildman–Crippen MR) is 108 cm³/mol. The molecule has 6 heteroatoms. The lowest BCUT2D eigenvalue weighted by Crippen LogP contribution is -2.32. The Morgan fingerprint density at radius 3 is 2.64 bits per heavy atom. The van der Waals surface area contributed by atoms with Crippen LogP contribution < -0.4 is 15.4 Å². The maximum atomic E-state index is 12.5. The van der Waals surface area contributed by atoms with Crippen molar-refractivity contribution in [3.8, 4) is 5.75 Å². The van der Waals surface area contributed by atoms with Gasteiger partial charge in [0.1, 0.15) is 5.75 Å². The van der Waals surface area contributed by atoms with E-state index >= 15 is 0 Å². The van der Waals surface area contributed by atoms with Gasteiger partial charge in [0.15, 0.2) is 0 Å². The van der Waals surface area contributed by atoms with E-state index in [9.17, 15) is 9.59 Å². The molecule has 2 amide bonds. The zero-order valence-electron chi connectivity index (χ0n) is 16.1. The number of aryl methyl sites for hydroxylation is 1. The van der Waals surface area contributed by atoms with Crippen LogP contribution in [0.4, 0.5) is 5.69 Å². The molecule has 0 spiro atoms. The second kappa shape index (κ2) is 9.90. The van der Waals surface area contributed by atoms with Gasteiger partial charge in [0.25, 0.3) is 5.91 Å². The summed E-state index contributed by atoms with van der Waals surface area (Å²) in [5.74, 6) is 0.452. The Morgan fingerprint density at radius 2 is 1.93 bits per heavy atom. The molecule has 0 bridgehead atoms. The Labute approximate surface area is 165 Å². The van der Waals surface area contributed by atoms with Crippen molar-refractivity contribution in [1.29, 1.82) is 0 Å². The van der Waals surface area contributed by atoms with E-state index in [1.54, 1.807) is 31.4 Å². The highest BCUT2D eigenvalue weighted by Gasteiger charge is 2.18. The zero-order chi connectivity index (χ0) is 19.8. The van der Waals surface area contributed by atoms with E-state index in [4.69, 9.17) is 9.47 Å². The number of benzene rings is 2. The summed E-state index contributed by atoms with van der Waals surface area (Å²) in [4.78, 5) is 24.9. The van der Waals surface area contributed by atoms with Gasteiger partial charge in [0.05, 0.1) is 24.5 Å². The number of methoxy groups -OCH3 is 1. The van der Waals surface area contributed by atoms with Gasteiger partial charge >= 0.3 is 0 Å². The summed E-state index contributed by atoms with van der Waals surface area (Å²) in [6, 6.07) is 14.7. The molecule has 0 unspecified atom stereocenters. The first-order valence-corrected chi connectivity index (χ1v) is 9.57. The van der Waals surface area contributed by atoms with Crippen LogP contribution in [0.1, 0.15) is 35.2 Å². The van der Waals surface area contributed by atoms with Crippen LogP contribution >= 0.6 is 0 Å². The van der Waals surface area contributed by atoms with Crippen molar-refractivity contribution in [2.24, 2.45) is 0 Å². The van der Waals surface area contributed by atoms with Crippen LogP contribution in [0.3, 0.4) is 0 Å². The number of hydrogen-bond acceptors (Lipinski definition) is 4. The van der Waals surface area contributed by atoms with Crippen molar-refractivity contribution in [3.05, 3.63) is 59.7 Å². The number of carbonyl (C=O) groups is 2. The number of hydrogen-bond donors (Lipinski definition) is 2. The van der Waals surface area contributed by atoms with Crippen LogP contribution in [-0.4, -0.2) is 38.2 Å². The first-order chi connectivity index (χ1) is 13.7. The van der Waals surface area contributed by atoms with Crippen LogP contribution in [-0.2, 0) is 16.0 Å². The lowest BCUT2D eigenvalue weighted by atomic mass is 10.1. The summed E-state index contributed by atoms with van der Waals surface area (Å²) in [5, 5.41) is 5.75. The quantitative estimate of drug-likeness (QED) is 0.735. The first kappa shape index (κ1) is 19.9. The molecule has 3 rings (SSSR count). The van der Waals surface area contributed by atoms with Gasteiger partial charge in [-0.1, -0.05) is 24.3 Å². The SMILES string of the molecule is COc1ccc(CCC(=O)Nc2ccccc2C(=O)NC[C@@H]2CCCO2)cc1. The van der Waals surface area contributed by atoms with Crippen LogP contribution in [0.15, 0.2) is 48.5 Å². The zero-order valence-corrected chi connectivity index (χ0v) is 16.1. The maximum Gasteiger partial charge on any atom is 0.253 e. The van der Waals surface area contributed by atoms with Gasteiger partial charge in [-0.3, -0.25) is 9.59 Å². The Morgan fingerprint density at radius 1 is 1.14 bits per heavy atom. The van der Waals surface area contributed by atoms with Crippen molar-refractivity contribution in [2.75, 3.05) is 25.6 Å². The number of ether oxygens (including phenoxy) is 2. The first-order valence-electron chi connectivity index (χ1n) is 9.57. The Hall–Kier alpha value is -2.86. The van der Waals surface area contributed by atoms with E-state index in [0.717, 1.165) is 30.8 Å². The molecule has 1 saturated heterocycles. The molecular weight excluding hydrogens is 356 g/mol. The van der Waals surface area contributed by atoms with E-state index in [1.165, 1.54) is 0 Å². The fourth-order valence-electron chi connectivity index (χ4n) is 3.16. The smallest absolute Gasteiger partial charge is 0.253 e. The predicted octanol–water partition coefficient (Wildman–Crippen LogP) is 3.18. The van der Waals surface area contributed by atoms with Crippen LogP contribution in [0.25, 0.3) is 0 Å². The summed E-state index contributed by atoms with van der Waals surface area (Å²) in [6.45, 7) is 1.24. The third-order valence-corrected chi connectivity index (χ3v) is 4.76. The third-order valence-electron chi connectivity index (χ3n) is 4.76. The van der Waals surface area contributed by atoms with E-state index in [-0.39, 0.29) is 17.9 Å². The normalized spacial score (nSPS) is 15.8. The van der Waals surface area contributed by atoms with Gasteiger partial charge in [-0.25, -0.2) is 0 Å². The minimum Gasteiger partial charge on any atom is -0.497 e. The fraction of sp³-hybridized carbons (Fsp3) is 0.364. The standard InChI is InChI=1S/C22H26N2O4/c1-27-17-11-8-16(9-12-17)10-13-21(25)24-20-7-3-2-6-19(20)22(26)23-15-18-5-4-14-28-18/h2-3,6-9,11-12,18H,4-5,10,13-15H2,1H3,(H,23,26)(H,24,25)/t18-/m0/s1. The maximum absolute atomic E-state index is 12.5. The highest BCUT2D eigenvalue weighted by molar-refractivity contribution is 6.03. The number of para-hydroxylation sites is 1. The van der Waals surface area contributed by atoms with Gasteiger partial charge in [-0.15, -0.1) is 0 Å². The third kappa shape index (κ3) is 5.57. The van der Waals surface area contributed by atoms with Crippen molar-refractivity contribution in [1.82, 2.24) is 5.32 Å². The largest absolute Gasteiger partial charge is 0.497 e. The molecule has 1 aliphatic heterocycles. The molecule has 1 aliphatic rings. The highest BCUT2D eigenvalue weighted by Crippen LogP contribution is 2.17. The molecule has 0 aromatic heterocycles. The second-order valence-corrected chi connectivity index (χ2v) is 6.79.